The Hall–Kier alpha value is -1.21. The van der Waals surface area contributed by atoms with E-state index in [9.17, 15) is 22.3 Å². The topological polar surface area (TPSA) is 66.4 Å². The van der Waals surface area contributed by atoms with Gasteiger partial charge in [-0.15, -0.1) is 0 Å². The van der Waals surface area contributed by atoms with Crippen LogP contribution < -0.4 is 5.32 Å². The second-order valence-corrected chi connectivity index (χ2v) is 6.35. The number of alkyl halides is 2. The molecule has 0 amide bonds. The molecule has 0 heterocycles. The molecular weight excluding hydrogens is 264 g/mol. The lowest BCUT2D eigenvalue weighted by Crippen LogP contribution is -2.30. The number of nitrogens with one attached hydrogen (secondary N) is 1. The molecule has 0 aromatic heterocycles. The first-order valence-corrected chi connectivity index (χ1v) is 6.76. The van der Waals surface area contributed by atoms with Crippen LogP contribution in [0.2, 0.25) is 0 Å². The zero-order chi connectivity index (χ0) is 14.0. The molecule has 1 aromatic rings. The molecule has 1 aromatic carbocycles. The number of halogens is 2. The van der Waals surface area contributed by atoms with Gasteiger partial charge < -0.3 is 10.4 Å². The highest BCUT2D eigenvalue weighted by Gasteiger charge is 2.29. The van der Waals surface area contributed by atoms with Crippen molar-refractivity contribution in [3.63, 3.8) is 0 Å². The number of anilines is 1. The molecule has 102 valence electrons. The highest BCUT2D eigenvalue weighted by Crippen LogP contribution is 2.26. The SMILES string of the molecule is CC(C)(O)CNc1ccccc1S(=O)(=O)C(F)F. The quantitative estimate of drug-likeness (QED) is 0.863. The zero-order valence-corrected chi connectivity index (χ0v) is 10.8. The number of hydrogen-bond acceptors (Lipinski definition) is 4. The number of para-hydroxylation sites is 1. The van der Waals surface area contributed by atoms with Crippen LogP contribution in [0.4, 0.5) is 14.5 Å². The van der Waals surface area contributed by atoms with E-state index in [1.807, 2.05) is 0 Å². The predicted molar refractivity (Wildman–Crippen MR) is 64.4 cm³/mol. The minimum absolute atomic E-state index is 0.0444. The molecule has 0 saturated carbocycles. The third-order valence-corrected chi connectivity index (χ3v) is 3.58. The first kappa shape index (κ1) is 14.8. The Kier molecular flexibility index (Phi) is 4.28. The summed E-state index contributed by atoms with van der Waals surface area (Å²) in [4.78, 5) is -0.468. The lowest BCUT2D eigenvalue weighted by Gasteiger charge is -2.20. The smallest absolute Gasteiger partial charge is 0.341 e. The fourth-order valence-electron chi connectivity index (χ4n) is 1.27. The van der Waals surface area contributed by atoms with Crippen LogP contribution in [0.25, 0.3) is 0 Å². The molecule has 0 aliphatic rings. The van der Waals surface area contributed by atoms with Crippen molar-refractivity contribution in [2.45, 2.75) is 30.1 Å². The Balaban J connectivity index is 3.08. The fourth-order valence-corrected chi connectivity index (χ4v) is 2.18. The van der Waals surface area contributed by atoms with E-state index in [1.165, 1.54) is 32.0 Å². The van der Waals surface area contributed by atoms with Gasteiger partial charge in [-0.25, -0.2) is 8.42 Å². The van der Waals surface area contributed by atoms with E-state index in [2.05, 4.69) is 5.32 Å². The molecule has 0 atom stereocenters. The summed E-state index contributed by atoms with van der Waals surface area (Å²) in [5.41, 5.74) is -1.03. The van der Waals surface area contributed by atoms with Crippen LogP contribution in [0.15, 0.2) is 29.2 Å². The Morgan fingerprint density at radius 1 is 1.33 bits per heavy atom. The maximum Gasteiger partial charge on any atom is 0.341 e. The predicted octanol–water partition coefficient (Wildman–Crippen LogP) is 1.87. The first-order valence-electron chi connectivity index (χ1n) is 5.22. The van der Waals surface area contributed by atoms with Gasteiger partial charge in [0.15, 0.2) is 0 Å². The largest absolute Gasteiger partial charge is 0.389 e. The van der Waals surface area contributed by atoms with Crippen LogP contribution in [0.3, 0.4) is 0 Å². The molecular formula is C11H15F2NO3S. The van der Waals surface area contributed by atoms with Gasteiger partial charge in [-0.05, 0) is 26.0 Å². The van der Waals surface area contributed by atoms with Crippen molar-refractivity contribution in [1.29, 1.82) is 0 Å². The highest BCUT2D eigenvalue weighted by atomic mass is 32.2. The van der Waals surface area contributed by atoms with Crippen LogP contribution in [0.1, 0.15) is 13.8 Å². The van der Waals surface area contributed by atoms with Crippen molar-refractivity contribution >= 4 is 15.5 Å². The average Bonchev–Trinajstić information content (AvgIpc) is 2.25. The van der Waals surface area contributed by atoms with Gasteiger partial charge >= 0.3 is 5.76 Å². The molecule has 0 spiro atoms. The molecule has 1 rings (SSSR count). The van der Waals surface area contributed by atoms with E-state index < -0.39 is 26.1 Å². The summed E-state index contributed by atoms with van der Waals surface area (Å²) >= 11 is 0. The van der Waals surface area contributed by atoms with Gasteiger partial charge in [0.05, 0.1) is 16.2 Å². The molecule has 4 nitrogen and oxygen atoms in total. The highest BCUT2D eigenvalue weighted by molar-refractivity contribution is 7.91. The van der Waals surface area contributed by atoms with Crippen molar-refractivity contribution in [2.75, 3.05) is 11.9 Å². The van der Waals surface area contributed by atoms with Crippen LogP contribution in [-0.2, 0) is 9.84 Å². The maximum absolute atomic E-state index is 12.5. The molecule has 0 fully saturated rings. The van der Waals surface area contributed by atoms with E-state index in [-0.39, 0.29) is 12.2 Å². The zero-order valence-electron chi connectivity index (χ0n) is 10.0. The second-order valence-electron chi connectivity index (χ2n) is 4.47. The Morgan fingerprint density at radius 2 is 1.89 bits per heavy atom. The van der Waals surface area contributed by atoms with Crippen molar-refractivity contribution < 1.29 is 22.3 Å². The molecule has 0 radical (unpaired) electrons. The van der Waals surface area contributed by atoms with Crippen LogP contribution in [0, 0.1) is 0 Å². The Labute approximate surface area is 105 Å². The van der Waals surface area contributed by atoms with Crippen molar-refractivity contribution in [3.8, 4) is 0 Å². The number of sulfone groups is 1. The maximum atomic E-state index is 12.5. The van der Waals surface area contributed by atoms with E-state index in [4.69, 9.17) is 0 Å². The summed E-state index contributed by atoms with van der Waals surface area (Å²) in [5.74, 6) is -3.47. The molecule has 7 heteroatoms. The van der Waals surface area contributed by atoms with Crippen molar-refractivity contribution in [2.24, 2.45) is 0 Å². The monoisotopic (exact) mass is 279 g/mol. The molecule has 0 saturated heterocycles. The molecule has 2 N–H and O–H groups in total. The lowest BCUT2D eigenvalue weighted by molar-refractivity contribution is 0.0944. The third kappa shape index (κ3) is 3.64. The van der Waals surface area contributed by atoms with Crippen LogP contribution in [-0.4, -0.2) is 31.4 Å². The fraction of sp³-hybridized carbons (Fsp3) is 0.455. The van der Waals surface area contributed by atoms with Gasteiger partial charge in [-0.1, -0.05) is 12.1 Å². The minimum Gasteiger partial charge on any atom is -0.389 e. The van der Waals surface area contributed by atoms with Gasteiger partial charge in [-0.2, -0.15) is 8.78 Å². The van der Waals surface area contributed by atoms with E-state index in [0.717, 1.165) is 6.07 Å². The molecule has 0 unspecified atom stereocenters. The molecule has 18 heavy (non-hydrogen) atoms. The van der Waals surface area contributed by atoms with Gasteiger partial charge in [-0.3, -0.25) is 0 Å². The second kappa shape index (κ2) is 5.19. The summed E-state index contributed by atoms with van der Waals surface area (Å²) in [7, 11) is -4.65. The first-order chi connectivity index (χ1) is 8.14. The Bertz CT molecular complexity index is 509. The molecule has 0 aliphatic heterocycles. The number of benzene rings is 1. The van der Waals surface area contributed by atoms with Crippen LogP contribution >= 0.6 is 0 Å². The Morgan fingerprint density at radius 3 is 2.39 bits per heavy atom. The standard InChI is InChI=1S/C11H15F2NO3S/c1-11(2,15)7-14-8-5-3-4-6-9(8)18(16,17)10(12)13/h3-6,10,14-15H,7H2,1-2H3. The number of hydrogen-bond donors (Lipinski definition) is 2. The van der Waals surface area contributed by atoms with Gasteiger partial charge in [0.2, 0.25) is 9.84 Å². The average molecular weight is 279 g/mol. The van der Waals surface area contributed by atoms with Crippen LogP contribution in [0.5, 0.6) is 0 Å². The van der Waals surface area contributed by atoms with Crippen molar-refractivity contribution in [3.05, 3.63) is 24.3 Å². The third-order valence-electron chi connectivity index (χ3n) is 2.14. The summed E-state index contributed by atoms with van der Waals surface area (Å²) in [6, 6.07) is 5.37. The number of rotatable bonds is 5. The summed E-state index contributed by atoms with van der Waals surface area (Å²) in [6.45, 7) is 3.08. The molecule has 0 aliphatic carbocycles. The summed E-state index contributed by atoms with van der Waals surface area (Å²) < 4.78 is 47.8. The normalized spacial score (nSPS) is 12.8. The van der Waals surface area contributed by atoms with Gasteiger partial charge in [0.1, 0.15) is 0 Å². The van der Waals surface area contributed by atoms with Gasteiger partial charge in [0, 0.05) is 6.54 Å². The molecule has 0 bridgehead atoms. The lowest BCUT2D eigenvalue weighted by atomic mass is 10.1. The minimum atomic E-state index is -4.65. The van der Waals surface area contributed by atoms with E-state index >= 15 is 0 Å². The van der Waals surface area contributed by atoms with E-state index in [0.29, 0.717) is 0 Å². The van der Waals surface area contributed by atoms with Gasteiger partial charge in [0.25, 0.3) is 0 Å². The summed E-state index contributed by atoms with van der Waals surface area (Å²) in [5, 5.41) is 12.2. The summed E-state index contributed by atoms with van der Waals surface area (Å²) in [6.07, 6.45) is 0. The van der Waals surface area contributed by atoms with E-state index in [1.54, 1.807) is 0 Å². The van der Waals surface area contributed by atoms with Crippen molar-refractivity contribution in [1.82, 2.24) is 0 Å². The number of aliphatic hydroxyl groups is 1.